The van der Waals surface area contributed by atoms with E-state index in [4.69, 9.17) is 4.42 Å². The highest BCUT2D eigenvalue weighted by atomic mass is 16.4. The maximum absolute atomic E-state index is 12.0. The Labute approximate surface area is 157 Å². The average molecular weight is 364 g/mol. The average Bonchev–Trinajstić information content (AvgIpc) is 2.64. The molecule has 140 valence electrons. The van der Waals surface area contributed by atoms with Crippen LogP contribution in [0.3, 0.4) is 0 Å². The van der Waals surface area contributed by atoms with Gasteiger partial charge in [0.25, 0.3) is 0 Å². The Balaban J connectivity index is 1.53. The van der Waals surface area contributed by atoms with E-state index in [0.29, 0.717) is 11.5 Å². The number of rotatable bonds is 3. The van der Waals surface area contributed by atoms with E-state index in [0.717, 1.165) is 54.6 Å². The molecule has 0 atom stereocenters. The molecule has 1 N–H and O–H groups in total. The molecule has 5 nitrogen and oxygen atoms in total. The number of hydrogen-bond acceptors (Lipinski definition) is 4. The van der Waals surface area contributed by atoms with Gasteiger partial charge in [-0.15, -0.1) is 0 Å². The van der Waals surface area contributed by atoms with Gasteiger partial charge in [0.05, 0.1) is 0 Å². The number of fused-ring (bicyclic) bond motifs is 1. The highest BCUT2D eigenvalue weighted by molar-refractivity contribution is 5.81. The first-order chi connectivity index (χ1) is 13.0. The fourth-order valence-corrected chi connectivity index (χ4v) is 3.99. The van der Waals surface area contributed by atoms with Crippen molar-refractivity contribution in [2.75, 3.05) is 13.1 Å². The van der Waals surface area contributed by atoms with Crippen LogP contribution >= 0.6 is 0 Å². The Bertz CT molecular complexity index is 1090. The highest BCUT2D eigenvalue weighted by Gasteiger charge is 2.22. The lowest BCUT2D eigenvalue weighted by Gasteiger charge is -2.32. The van der Waals surface area contributed by atoms with Crippen molar-refractivity contribution in [3.63, 3.8) is 0 Å². The summed E-state index contributed by atoms with van der Waals surface area (Å²) in [6, 6.07) is 9.41. The summed E-state index contributed by atoms with van der Waals surface area (Å²) in [5.74, 6) is 0.422. The first kappa shape index (κ1) is 17.7. The van der Waals surface area contributed by atoms with E-state index >= 15 is 0 Å². The maximum atomic E-state index is 12.0. The number of hydrogen-bond donors (Lipinski definition) is 1. The van der Waals surface area contributed by atoms with Gasteiger partial charge in [0.15, 0.2) is 0 Å². The van der Waals surface area contributed by atoms with Crippen molar-refractivity contribution in [1.29, 1.82) is 0 Å². The van der Waals surface area contributed by atoms with Gasteiger partial charge in [-0.1, -0.05) is 0 Å². The maximum Gasteiger partial charge on any atom is 0.336 e. The third kappa shape index (κ3) is 3.74. The molecular formula is C22H24N2O3. The number of nitrogens with one attached hydrogen (secondary N) is 1. The lowest BCUT2D eigenvalue weighted by molar-refractivity contribution is 0.205. The number of likely N-dealkylation sites (tertiary alicyclic amines) is 1. The normalized spacial score (nSPS) is 16.1. The summed E-state index contributed by atoms with van der Waals surface area (Å²) in [7, 11) is 0. The number of pyridine rings is 1. The fraction of sp³-hybridized carbons (Fsp3) is 0.364. The van der Waals surface area contributed by atoms with Crippen LogP contribution in [0, 0.1) is 13.8 Å². The number of aromatic amines is 1. The number of benzene rings is 1. The molecule has 4 rings (SSSR count). The minimum absolute atomic E-state index is 0.0388. The first-order valence-electron chi connectivity index (χ1n) is 9.44. The van der Waals surface area contributed by atoms with E-state index < -0.39 is 0 Å². The van der Waals surface area contributed by atoms with Gasteiger partial charge in [0, 0.05) is 30.3 Å². The Morgan fingerprint density at radius 2 is 1.81 bits per heavy atom. The Hall–Kier alpha value is -2.66. The van der Waals surface area contributed by atoms with Gasteiger partial charge < -0.3 is 9.40 Å². The zero-order chi connectivity index (χ0) is 19.0. The summed E-state index contributed by atoms with van der Waals surface area (Å²) in [4.78, 5) is 28.6. The van der Waals surface area contributed by atoms with Crippen LogP contribution in [0.4, 0.5) is 0 Å². The van der Waals surface area contributed by atoms with Crippen molar-refractivity contribution in [2.45, 2.75) is 39.2 Å². The summed E-state index contributed by atoms with van der Waals surface area (Å²) in [5, 5.41) is 1.02. The molecule has 0 aliphatic carbocycles. The van der Waals surface area contributed by atoms with Gasteiger partial charge in [-0.3, -0.25) is 9.69 Å². The van der Waals surface area contributed by atoms with Crippen LogP contribution in [-0.2, 0) is 6.54 Å². The molecular weight excluding hydrogens is 340 g/mol. The van der Waals surface area contributed by atoms with E-state index in [9.17, 15) is 9.59 Å². The molecule has 27 heavy (non-hydrogen) atoms. The molecule has 0 saturated carbocycles. The predicted molar refractivity (Wildman–Crippen MR) is 106 cm³/mol. The van der Waals surface area contributed by atoms with E-state index in [1.807, 2.05) is 19.1 Å². The van der Waals surface area contributed by atoms with E-state index in [1.54, 1.807) is 18.3 Å². The molecule has 5 heteroatoms. The van der Waals surface area contributed by atoms with Gasteiger partial charge in [0.1, 0.15) is 5.58 Å². The molecule has 3 aromatic rings. The zero-order valence-electron chi connectivity index (χ0n) is 15.7. The molecule has 0 amide bonds. The quantitative estimate of drug-likeness (QED) is 0.723. The minimum atomic E-state index is -0.292. The molecule has 3 heterocycles. The number of aryl methyl sites for hydroxylation is 2. The summed E-state index contributed by atoms with van der Waals surface area (Å²) in [6.45, 7) is 6.75. The predicted octanol–water partition coefficient (Wildman–Crippen LogP) is 3.48. The molecule has 1 aromatic carbocycles. The summed E-state index contributed by atoms with van der Waals surface area (Å²) in [5.41, 5.74) is 4.81. The molecule has 0 unspecified atom stereocenters. The van der Waals surface area contributed by atoms with Crippen LogP contribution in [0.5, 0.6) is 0 Å². The summed E-state index contributed by atoms with van der Waals surface area (Å²) >= 11 is 0. The second-order valence-corrected chi connectivity index (χ2v) is 7.56. The van der Waals surface area contributed by atoms with Crippen molar-refractivity contribution in [1.82, 2.24) is 9.88 Å². The lowest BCUT2D eigenvalue weighted by atomic mass is 9.90. The van der Waals surface area contributed by atoms with Crippen molar-refractivity contribution in [2.24, 2.45) is 0 Å². The van der Waals surface area contributed by atoms with Crippen LogP contribution in [0.1, 0.15) is 41.0 Å². The van der Waals surface area contributed by atoms with E-state index in [-0.39, 0.29) is 11.2 Å². The third-order valence-electron chi connectivity index (χ3n) is 5.70. The van der Waals surface area contributed by atoms with Crippen LogP contribution in [0.15, 0.2) is 50.5 Å². The van der Waals surface area contributed by atoms with E-state index in [2.05, 4.69) is 22.9 Å². The van der Waals surface area contributed by atoms with Gasteiger partial charge >= 0.3 is 5.63 Å². The Morgan fingerprint density at radius 3 is 2.56 bits per heavy atom. The Kier molecular flexibility index (Phi) is 4.70. The monoisotopic (exact) mass is 364 g/mol. The SMILES string of the molecule is Cc1cc2oc(=O)cc(CN3CCC(c4cc[nH]c(=O)c4)CC3)c2cc1C. The topological polar surface area (TPSA) is 66.3 Å². The van der Waals surface area contributed by atoms with Crippen molar-refractivity contribution >= 4 is 11.0 Å². The van der Waals surface area contributed by atoms with Gasteiger partial charge in [-0.05, 0) is 86.1 Å². The second kappa shape index (κ2) is 7.16. The fourth-order valence-electron chi connectivity index (χ4n) is 3.99. The molecule has 0 spiro atoms. The molecule has 1 aliphatic rings. The van der Waals surface area contributed by atoms with Gasteiger partial charge in [-0.25, -0.2) is 4.79 Å². The molecule has 0 radical (unpaired) electrons. The lowest BCUT2D eigenvalue weighted by Crippen LogP contribution is -2.33. The van der Waals surface area contributed by atoms with E-state index in [1.165, 1.54) is 5.56 Å². The third-order valence-corrected chi connectivity index (χ3v) is 5.70. The summed E-state index contributed by atoms with van der Waals surface area (Å²) in [6.07, 6.45) is 3.76. The molecule has 1 aliphatic heterocycles. The number of H-pyrrole nitrogens is 1. The molecule has 2 aromatic heterocycles. The second-order valence-electron chi connectivity index (χ2n) is 7.56. The number of piperidine rings is 1. The summed E-state index contributed by atoms with van der Waals surface area (Å²) < 4.78 is 5.41. The minimum Gasteiger partial charge on any atom is -0.423 e. The molecule has 1 saturated heterocycles. The van der Waals surface area contributed by atoms with Crippen LogP contribution in [-0.4, -0.2) is 23.0 Å². The smallest absolute Gasteiger partial charge is 0.336 e. The van der Waals surface area contributed by atoms with Crippen LogP contribution in [0.2, 0.25) is 0 Å². The Morgan fingerprint density at radius 1 is 1.07 bits per heavy atom. The van der Waals surface area contributed by atoms with Crippen LogP contribution in [0.25, 0.3) is 11.0 Å². The van der Waals surface area contributed by atoms with Crippen LogP contribution < -0.4 is 11.2 Å². The number of aromatic nitrogens is 1. The van der Waals surface area contributed by atoms with Crippen molar-refractivity contribution in [3.8, 4) is 0 Å². The zero-order valence-corrected chi connectivity index (χ0v) is 15.7. The largest absolute Gasteiger partial charge is 0.423 e. The number of nitrogens with zero attached hydrogens (tertiary/aromatic N) is 1. The van der Waals surface area contributed by atoms with Crippen molar-refractivity contribution in [3.05, 3.63) is 79.6 Å². The first-order valence-corrected chi connectivity index (χ1v) is 9.44. The standard InChI is InChI=1S/C22H24N2O3/c1-14-9-19-18(12-22(26)27-20(19)10-15(14)2)13-24-7-4-16(5-8-24)17-3-6-23-21(25)11-17/h3,6,9-12,16H,4-5,7-8,13H2,1-2H3,(H,23,25). The highest BCUT2D eigenvalue weighted by Crippen LogP contribution is 2.29. The molecule has 1 fully saturated rings. The van der Waals surface area contributed by atoms with Gasteiger partial charge in [-0.2, -0.15) is 0 Å². The van der Waals surface area contributed by atoms with Gasteiger partial charge in [0.2, 0.25) is 5.56 Å². The molecule has 0 bridgehead atoms. The van der Waals surface area contributed by atoms with Crippen molar-refractivity contribution < 1.29 is 4.42 Å².